The van der Waals surface area contributed by atoms with Crippen LogP contribution in [0.4, 0.5) is 0 Å². The number of hydrogen-bond acceptors (Lipinski definition) is 4. The average Bonchev–Trinajstić information content (AvgIpc) is 2.34. The molecule has 9 heavy (non-hydrogen) atoms. The number of nitrogens with zero attached hydrogens (tertiary/aromatic N) is 3. The quantitative estimate of drug-likeness (QED) is 0.327. The highest BCUT2D eigenvalue weighted by atomic mass is 16.4. The van der Waals surface area contributed by atoms with Crippen LogP contribution in [0.5, 0.6) is 0 Å². The van der Waals surface area contributed by atoms with Crippen molar-refractivity contribution in [1.82, 2.24) is 15.4 Å². The minimum atomic E-state index is 0.507. The van der Waals surface area contributed by atoms with E-state index in [2.05, 4.69) is 20.6 Å². The van der Waals surface area contributed by atoms with E-state index in [1.54, 1.807) is 6.20 Å². The average molecular weight is 126 g/mol. The summed E-state index contributed by atoms with van der Waals surface area (Å²) in [6, 6.07) is 0. The van der Waals surface area contributed by atoms with Crippen molar-refractivity contribution in [3.8, 4) is 0 Å². The summed E-state index contributed by atoms with van der Waals surface area (Å²) in [6.07, 6.45) is 3.42. The molecule has 0 spiro atoms. The lowest BCUT2D eigenvalue weighted by Crippen LogP contribution is -1.85. The molecule has 1 aromatic rings. The molecular weight excluding hydrogens is 120 g/mol. The summed E-state index contributed by atoms with van der Waals surface area (Å²) in [5, 5.41) is 20.5. The summed E-state index contributed by atoms with van der Waals surface area (Å²) in [5.74, 6) is 0. The van der Waals surface area contributed by atoms with E-state index in [0.717, 1.165) is 5.69 Å². The van der Waals surface area contributed by atoms with Crippen molar-refractivity contribution in [2.75, 3.05) is 0 Å². The predicted octanol–water partition coefficient (Wildman–Crippen LogP) is -0.193. The molecule has 1 rings (SSSR count). The minimum Gasteiger partial charge on any atom is -0.411 e. The van der Waals surface area contributed by atoms with E-state index in [4.69, 9.17) is 5.21 Å². The predicted molar refractivity (Wildman–Crippen MR) is 30.4 cm³/mol. The van der Waals surface area contributed by atoms with Gasteiger partial charge in [0.05, 0.1) is 11.9 Å². The maximum atomic E-state index is 7.98. The third kappa shape index (κ3) is 1.52. The van der Waals surface area contributed by atoms with Crippen LogP contribution in [0.25, 0.3) is 0 Å². The van der Waals surface area contributed by atoms with Gasteiger partial charge in [-0.2, -0.15) is 15.4 Å². The fourth-order valence-corrected chi connectivity index (χ4v) is 0.458. The molecule has 0 amide bonds. The molecule has 0 radical (unpaired) electrons. The molecule has 0 atom stereocenters. The highest BCUT2D eigenvalue weighted by molar-refractivity contribution is 5.59. The summed E-state index contributed by atoms with van der Waals surface area (Å²) in [7, 11) is 0. The molecule has 5 nitrogen and oxygen atoms in total. The van der Waals surface area contributed by atoms with Crippen LogP contribution < -0.4 is 0 Å². The standard InChI is InChI=1S/C4H6N4O/c9-6-2-1-4-3-5-8-7-4/h2-3,9H,1H2,(H,5,7,8). The number of nitrogens with one attached hydrogen (secondary N) is 1. The van der Waals surface area contributed by atoms with Crippen molar-refractivity contribution in [3.63, 3.8) is 0 Å². The number of aromatic amines is 1. The Morgan fingerprint density at radius 3 is 3.33 bits per heavy atom. The van der Waals surface area contributed by atoms with E-state index in [1.165, 1.54) is 6.21 Å². The summed E-state index contributed by atoms with van der Waals surface area (Å²) in [4.78, 5) is 0. The second-order valence-corrected chi connectivity index (χ2v) is 1.46. The summed E-state index contributed by atoms with van der Waals surface area (Å²) in [5.41, 5.74) is 0.757. The molecule has 0 saturated carbocycles. The Morgan fingerprint density at radius 1 is 1.89 bits per heavy atom. The molecule has 0 aliphatic rings. The fraction of sp³-hybridized carbons (Fsp3) is 0.250. The molecule has 0 aliphatic carbocycles. The van der Waals surface area contributed by atoms with Gasteiger partial charge in [0.2, 0.25) is 0 Å². The molecular formula is C4H6N4O. The van der Waals surface area contributed by atoms with E-state index in [0.29, 0.717) is 6.42 Å². The summed E-state index contributed by atoms with van der Waals surface area (Å²) >= 11 is 0. The lowest BCUT2D eigenvalue weighted by atomic mass is 10.4. The van der Waals surface area contributed by atoms with Crippen LogP contribution >= 0.6 is 0 Å². The van der Waals surface area contributed by atoms with Crippen LogP contribution in [0.1, 0.15) is 5.69 Å². The lowest BCUT2D eigenvalue weighted by Gasteiger charge is -1.78. The minimum absolute atomic E-state index is 0.507. The van der Waals surface area contributed by atoms with Crippen molar-refractivity contribution in [1.29, 1.82) is 0 Å². The Hall–Kier alpha value is -1.39. The topological polar surface area (TPSA) is 74.2 Å². The molecule has 1 heterocycles. The molecule has 1 aromatic heterocycles. The summed E-state index contributed by atoms with van der Waals surface area (Å²) in [6.45, 7) is 0. The second-order valence-electron chi connectivity index (χ2n) is 1.46. The molecule has 48 valence electrons. The van der Waals surface area contributed by atoms with E-state index in [-0.39, 0.29) is 0 Å². The normalized spacial score (nSPS) is 10.7. The first-order valence-electron chi connectivity index (χ1n) is 2.44. The van der Waals surface area contributed by atoms with Crippen LogP contribution in [0, 0.1) is 0 Å². The van der Waals surface area contributed by atoms with E-state index in [1.807, 2.05) is 0 Å². The fourth-order valence-electron chi connectivity index (χ4n) is 0.458. The maximum absolute atomic E-state index is 7.98. The highest BCUT2D eigenvalue weighted by Crippen LogP contribution is 1.85. The van der Waals surface area contributed by atoms with Crippen LogP contribution in [0.3, 0.4) is 0 Å². The molecule has 0 bridgehead atoms. The van der Waals surface area contributed by atoms with Crippen LogP contribution in [0.2, 0.25) is 0 Å². The van der Waals surface area contributed by atoms with Crippen molar-refractivity contribution in [3.05, 3.63) is 11.9 Å². The largest absolute Gasteiger partial charge is 0.411 e. The number of rotatable bonds is 2. The first kappa shape index (κ1) is 5.74. The number of aromatic nitrogens is 3. The zero-order chi connectivity index (χ0) is 6.53. The third-order valence-corrected chi connectivity index (χ3v) is 0.847. The molecule has 0 aromatic carbocycles. The second kappa shape index (κ2) is 2.81. The van der Waals surface area contributed by atoms with E-state index < -0.39 is 0 Å². The van der Waals surface area contributed by atoms with Gasteiger partial charge in [-0.3, -0.25) is 0 Å². The van der Waals surface area contributed by atoms with Gasteiger partial charge in [0, 0.05) is 12.6 Å². The van der Waals surface area contributed by atoms with Gasteiger partial charge < -0.3 is 5.21 Å². The van der Waals surface area contributed by atoms with Crippen molar-refractivity contribution in [2.24, 2.45) is 5.16 Å². The smallest absolute Gasteiger partial charge is 0.0879 e. The first-order chi connectivity index (χ1) is 4.43. The zero-order valence-corrected chi connectivity index (χ0v) is 4.65. The SMILES string of the molecule is ON=CCc1cn[nH]n1. The van der Waals surface area contributed by atoms with Crippen molar-refractivity contribution < 1.29 is 5.21 Å². The summed E-state index contributed by atoms with van der Waals surface area (Å²) < 4.78 is 0. The Kier molecular flexibility index (Phi) is 1.79. The monoisotopic (exact) mass is 126 g/mol. The number of oxime groups is 1. The first-order valence-corrected chi connectivity index (χ1v) is 2.44. The van der Waals surface area contributed by atoms with Crippen LogP contribution in [0.15, 0.2) is 11.4 Å². The van der Waals surface area contributed by atoms with Gasteiger partial charge in [-0.25, -0.2) is 0 Å². The third-order valence-electron chi connectivity index (χ3n) is 0.847. The lowest BCUT2D eigenvalue weighted by molar-refractivity contribution is 0.320. The number of hydrogen-bond donors (Lipinski definition) is 2. The molecule has 2 N–H and O–H groups in total. The Labute approximate surface area is 51.4 Å². The van der Waals surface area contributed by atoms with Gasteiger partial charge in [-0.15, -0.1) is 5.16 Å². The zero-order valence-electron chi connectivity index (χ0n) is 4.65. The van der Waals surface area contributed by atoms with E-state index in [9.17, 15) is 0 Å². The van der Waals surface area contributed by atoms with Crippen LogP contribution in [-0.2, 0) is 6.42 Å². The molecule has 0 aliphatic heterocycles. The Bertz CT molecular complexity index is 180. The van der Waals surface area contributed by atoms with Gasteiger partial charge in [0.1, 0.15) is 0 Å². The van der Waals surface area contributed by atoms with Gasteiger partial charge in [0.25, 0.3) is 0 Å². The van der Waals surface area contributed by atoms with Crippen molar-refractivity contribution >= 4 is 6.21 Å². The molecule has 0 saturated heterocycles. The molecule has 0 unspecified atom stereocenters. The maximum Gasteiger partial charge on any atom is 0.0879 e. The van der Waals surface area contributed by atoms with E-state index >= 15 is 0 Å². The van der Waals surface area contributed by atoms with Crippen molar-refractivity contribution in [2.45, 2.75) is 6.42 Å². The Morgan fingerprint density at radius 2 is 2.78 bits per heavy atom. The van der Waals surface area contributed by atoms with Gasteiger partial charge in [-0.1, -0.05) is 0 Å². The van der Waals surface area contributed by atoms with Gasteiger partial charge in [0.15, 0.2) is 0 Å². The van der Waals surface area contributed by atoms with Crippen LogP contribution in [-0.4, -0.2) is 26.8 Å². The van der Waals surface area contributed by atoms with Gasteiger partial charge in [-0.05, 0) is 0 Å². The van der Waals surface area contributed by atoms with Gasteiger partial charge >= 0.3 is 0 Å². The molecule has 5 heteroatoms. The number of H-pyrrole nitrogens is 1. The molecule has 0 fully saturated rings. The highest BCUT2D eigenvalue weighted by Gasteiger charge is 1.89. The Balaban J connectivity index is 2.48.